The fraction of sp³-hybridized carbons (Fsp3) is 1.00. The van der Waals surface area contributed by atoms with Crippen LogP contribution in [0.5, 0.6) is 0 Å². The van der Waals surface area contributed by atoms with Gasteiger partial charge in [-0.1, -0.05) is 40.0 Å². The Balaban J connectivity index is 3.15. The first kappa shape index (κ1) is 13.0. The van der Waals surface area contributed by atoms with Gasteiger partial charge in [0.2, 0.25) is 0 Å². The summed E-state index contributed by atoms with van der Waals surface area (Å²) in [5.41, 5.74) is 4.21. The molecule has 0 rings (SSSR count). The molecule has 0 aliphatic carbocycles. The van der Waals surface area contributed by atoms with Crippen molar-refractivity contribution in [3.63, 3.8) is 0 Å². The van der Waals surface area contributed by atoms with Crippen LogP contribution in [0.4, 0.5) is 0 Å². The minimum atomic E-state index is 0.708. The summed E-state index contributed by atoms with van der Waals surface area (Å²) < 4.78 is 0. The Bertz CT molecular complexity index is 99.3. The lowest BCUT2D eigenvalue weighted by molar-refractivity contribution is -0.423. The van der Waals surface area contributed by atoms with Crippen LogP contribution in [0.15, 0.2) is 0 Å². The summed E-state index contributed by atoms with van der Waals surface area (Å²) in [6.45, 7) is 6.86. The minimum Gasteiger partial charge on any atom is -0.355 e. The summed E-state index contributed by atoms with van der Waals surface area (Å²) in [6.07, 6.45) is 9.55. The van der Waals surface area contributed by atoms with Gasteiger partial charge in [0.25, 0.3) is 0 Å². The van der Waals surface area contributed by atoms with Crippen LogP contribution in [-0.2, 0) is 0 Å². The standard InChI is InChI=1S/C12H27N/c1-4-5-6-7-8-12(13)10-9-11(2)3/h11-12H,4-10,13H2,1-3H3/p+1. The topological polar surface area (TPSA) is 27.6 Å². The molecule has 0 aliphatic rings. The Morgan fingerprint density at radius 3 is 2.15 bits per heavy atom. The summed E-state index contributed by atoms with van der Waals surface area (Å²) in [6, 6.07) is 0.708. The van der Waals surface area contributed by atoms with E-state index < -0.39 is 0 Å². The van der Waals surface area contributed by atoms with Gasteiger partial charge < -0.3 is 5.73 Å². The van der Waals surface area contributed by atoms with Gasteiger partial charge in [0.1, 0.15) is 0 Å². The second-order valence-electron chi connectivity index (χ2n) is 4.69. The third-order valence-corrected chi connectivity index (χ3v) is 2.62. The summed E-state index contributed by atoms with van der Waals surface area (Å²) in [4.78, 5) is 0. The monoisotopic (exact) mass is 186 g/mol. The van der Waals surface area contributed by atoms with Crippen LogP contribution in [0.1, 0.15) is 65.7 Å². The van der Waals surface area contributed by atoms with E-state index in [9.17, 15) is 0 Å². The van der Waals surface area contributed by atoms with Gasteiger partial charge in [0, 0.05) is 0 Å². The Morgan fingerprint density at radius 2 is 1.62 bits per heavy atom. The molecule has 0 aromatic carbocycles. The van der Waals surface area contributed by atoms with Crippen molar-refractivity contribution in [3.8, 4) is 0 Å². The van der Waals surface area contributed by atoms with Gasteiger partial charge in [-0.15, -0.1) is 0 Å². The van der Waals surface area contributed by atoms with Crippen molar-refractivity contribution in [2.24, 2.45) is 5.92 Å². The molecule has 13 heavy (non-hydrogen) atoms. The molecule has 0 fully saturated rings. The van der Waals surface area contributed by atoms with Crippen LogP contribution in [0, 0.1) is 5.92 Å². The van der Waals surface area contributed by atoms with E-state index in [1.807, 2.05) is 0 Å². The van der Waals surface area contributed by atoms with Crippen LogP contribution in [0.25, 0.3) is 0 Å². The average molecular weight is 186 g/mol. The molecule has 1 nitrogen and oxygen atoms in total. The van der Waals surface area contributed by atoms with Gasteiger partial charge in [-0.2, -0.15) is 0 Å². The fourth-order valence-corrected chi connectivity index (χ4v) is 1.57. The van der Waals surface area contributed by atoms with E-state index in [-0.39, 0.29) is 0 Å². The fourth-order valence-electron chi connectivity index (χ4n) is 1.57. The molecule has 1 atom stereocenters. The molecule has 0 amide bonds. The number of hydrogen-bond acceptors (Lipinski definition) is 0. The second-order valence-corrected chi connectivity index (χ2v) is 4.69. The highest BCUT2D eigenvalue weighted by Gasteiger charge is 2.06. The first-order valence-electron chi connectivity index (χ1n) is 5.99. The lowest BCUT2D eigenvalue weighted by Crippen LogP contribution is -2.60. The molecule has 0 bridgehead atoms. The SMILES string of the molecule is CCCCCCC([NH3+])CCC(C)C. The number of hydrogen-bond donors (Lipinski definition) is 1. The smallest absolute Gasteiger partial charge is 0.0843 e. The van der Waals surface area contributed by atoms with Crippen molar-refractivity contribution >= 4 is 0 Å². The van der Waals surface area contributed by atoms with E-state index in [1.165, 1.54) is 44.9 Å². The summed E-state index contributed by atoms with van der Waals surface area (Å²) in [7, 11) is 0. The highest BCUT2D eigenvalue weighted by Crippen LogP contribution is 2.10. The predicted octanol–water partition coefficient (Wildman–Crippen LogP) is 3.00. The zero-order chi connectivity index (χ0) is 10.1. The molecule has 0 radical (unpaired) electrons. The maximum atomic E-state index is 4.21. The van der Waals surface area contributed by atoms with Crippen LogP contribution >= 0.6 is 0 Å². The van der Waals surface area contributed by atoms with Crippen molar-refractivity contribution in [3.05, 3.63) is 0 Å². The molecule has 0 aromatic heterocycles. The third kappa shape index (κ3) is 9.88. The van der Waals surface area contributed by atoms with Crippen LogP contribution in [-0.4, -0.2) is 6.04 Å². The Kier molecular flexibility index (Phi) is 8.53. The molecule has 0 spiro atoms. The molecule has 0 saturated carbocycles. The Labute approximate surface area is 84.1 Å². The normalized spacial score (nSPS) is 13.6. The largest absolute Gasteiger partial charge is 0.355 e. The van der Waals surface area contributed by atoms with Gasteiger partial charge in [0.15, 0.2) is 0 Å². The molecule has 0 saturated heterocycles. The predicted molar refractivity (Wildman–Crippen MR) is 59.5 cm³/mol. The van der Waals surface area contributed by atoms with E-state index >= 15 is 0 Å². The lowest BCUT2D eigenvalue weighted by Gasteiger charge is -2.09. The zero-order valence-corrected chi connectivity index (χ0v) is 9.81. The first-order valence-corrected chi connectivity index (χ1v) is 5.99. The van der Waals surface area contributed by atoms with E-state index in [4.69, 9.17) is 0 Å². The van der Waals surface area contributed by atoms with Gasteiger partial charge in [-0.25, -0.2) is 0 Å². The molecule has 80 valence electrons. The van der Waals surface area contributed by atoms with Gasteiger partial charge in [-0.3, -0.25) is 0 Å². The molecule has 1 heteroatoms. The summed E-state index contributed by atoms with van der Waals surface area (Å²) in [5, 5.41) is 0. The van der Waals surface area contributed by atoms with E-state index in [1.54, 1.807) is 0 Å². The molecule has 3 N–H and O–H groups in total. The maximum absolute atomic E-state index is 4.21. The first-order chi connectivity index (χ1) is 6.16. The highest BCUT2D eigenvalue weighted by atomic mass is 14.6. The molecule has 0 aliphatic heterocycles. The van der Waals surface area contributed by atoms with Crippen molar-refractivity contribution < 1.29 is 5.73 Å². The summed E-state index contributed by atoms with van der Waals surface area (Å²) in [5.74, 6) is 0.847. The van der Waals surface area contributed by atoms with Gasteiger partial charge in [-0.05, 0) is 31.6 Å². The number of quaternary nitrogens is 1. The number of rotatable bonds is 8. The summed E-state index contributed by atoms with van der Waals surface area (Å²) >= 11 is 0. The Morgan fingerprint density at radius 1 is 0.923 bits per heavy atom. The lowest BCUT2D eigenvalue weighted by atomic mass is 9.99. The highest BCUT2D eigenvalue weighted by molar-refractivity contribution is 4.56. The van der Waals surface area contributed by atoms with Crippen LogP contribution < -0.4 is 5.73 Å². The Hall–Kier alpha value is -0.0400. The maximum Gasteiger partial charge on any atom is 0.0843 e. The van der Waals surface area contributed by atoms with Gasteiger partial charge >= 0.3 is 0 Å². The molecule has 0 aromatic rings. The molecule has 0 heterocycles. The van der Waals surface area contributed by atoms with Crippen molar-refractivity contribution in [1.29, 1.82) is 0 Å². The van der Waals surface area contributed by atoms with Crippen molar-refractivity contribution in [2.45, 2.75) is 71.8 Å². The van der Waals surface area contributed by atoms with E-state index in [0.717, 1.165) is 5.92 Å². The molecule has 1 unspecified atom stereocenters. The molecular weight excluding hydrogens is 158 g/mol. The van der Waals surface area contributed by atoms with Gasteiger partial charge in [0.05, 0.1) is 6.04 Å². The minimum absolute atomic E-state index is 0.708. The zero-order valence-electron chi connectivity index (χ0n) is 9.81. The van der Waals surface area contributed by atoms with Crippen LogP contribution in [0.2, 0.25) is 0 Å². The molecular formula is C12H28N+. The van der Waals surface area contributed by atoms with Crippen LogP contribution in [0.3, 0.4) is 0 Å². The van der Waals surface area contributed by atoms with Crippen molar-refractivity contribution in [2.75, 3.05) is 0 Å². The second kappa shape index (κ2) is 8.55. The van der Waals surface area contributed by atoms with Crippen molar-refractivity contribution in [1.82, 2.24) is 0 Å². The van der Waals surface area contributed by atoms with E-state index in [0.29, 0.717) is 6.04 Å². The number of unbranched alkanes of at least 4 members (excludes halogenated alkanes) is 3. The van der Waals surface area contributed by atoms with E-state index in [2.05, 4.69) is 26.5 Å². The average Bonchev–Trinajstić information content (AvgIpc) is 2.09. The quantitative estimate of drug-likeness (QED) is 0.564. The third-order valence-electron chi connectivity index (χ3n) is 2.62.